The lowest BCUT2D eigenvalue weighted by atomic mass is 10.1. The lowest BCUT2D eigenvalue weighted by Gasteiger charge is -2.12. The molecular weight excluding hydrogens is 424 g/mol. The molecule has 156 valence electrons. The second kappa shape index (κ2) is 9.19. The molecule has 0 aliphatic carbocycles. The summed E-state index contributed by atoms with van der Waals surface area (Å²) in [6.07, 6.45) is 0. The minimum Gasteiger partial charge on any atom is -0.494 e. The fraction of sp³-hybridized carbons (Fsp3) is 0.136. The first-order chi connectivity index (χ1) is 14.3. The molecule has 1 amide bonds. The molecule has 0 saturated heterocycles. The van der Waals surface area contributed by atoms with Crippen molar-refractivity contribution < 1.29 is 17.9 Å². The summed E-state index contributed by atoms with van der Waals surface area (Å²) < 4.78 is 33.1. The summed E-state index contributed by atoms with van der Waals surface area (Å²) in [6.45, 7) is 4.15. The second-order valence-electron chi connectivity index (χ2n) is 6.46. The van der Waals surface area contributed by atoms with Gasteiger partial charge in [0.1, 0.15) is 5.75 Å². The Morgan fingerprint density at radius 2 is 1.73 bits per heavy atom. The van der Waals surface area contributed by atoms with Gasteiger partial charge in [-0.1, -0.05) is 23.7 Å². The molecule has 30 heavy (non-hydrogen) atoms. The zero-order chi connectivity index (χ0) is 21.7. The third-order valence-electron chi connectivity index (χ3n) is 4.34. The van der Waals surface area contributed by atoms with Crippen LogP contribution < -0.4 is 14.8 Å². The number of carbonyl (C=O) groups is 1. The molecule has 3 rings (SSSR count). The molecule has 0 unspecified atom stereocenters. The summed E-state index contributed by atoms with van der Waals surface area (Å²) in [5, 5.41) is 3.34. The molecule has 0 spiro atoms. The molecule has 8 heteroatoms. The fourth-order valence-corrected chi connectivity index (χ4v) is 3.98. The molecular formula is C22H21ClN2O4S. The van der Waals surface area contributed by atoms with Crippen LogP contribution in [0.4, 0.5) is 11.4 Å². The van der Waals surface area contributed by atoms with Crippen molar-refractivity contribution in [1.29, 1.82) is 0 Å². The van der Waals surface area contributed by atoms with Crippen LogP contribution in [-0.4, -0.2) is 20.9 Å². The summed E-state index contributed by atoms with van der Waals surface area (Å²) in [4.78, 5) is 12.7. The van der Waals surface area contributed by atoms with Gasteiger partial charge in [-0.3, -0.25) is 9.52 Å². The number of carbonyl (C=O) groups excluding carboxylic acids is 1. The molecule has 0 heterocycles. The summed E-state index contributed by atoms with van der Waals surface area (Å²) in [7, 11) is -3.81. The minimum absolute atomic E-state index is 0.0929. The second-order valence-corrected chi connectivity index (χ2v) is 8.55. The van der Waals surface area contributed by atoms with E-state index in [9.17, 15) is 13.2 Å². The van der Waals surface area contributed by atoms with Crippen molar-refractivity contribution in [2.75, 3.05) is 16.6 Å². The first-order valence-electron chi connectivity index (χ1n) is 9.22. The third kappa shape index (κ3) is 5.11. The fourth-order valence-electron chi connectivity index (χ4n) is 2.76. The Bertz CT molecular complexity index is 1160. The summed E-state index contributed by atoms with van der Waals surface area (Å²) >= 11 is 6.09. The van der Waals surface area contributed by atoms with Crippen molar-refractivity contribution >= 4 is 38.9 Å². The number of benzene rings is 3. The van der Waals surface area contributed by atoms with Crippen LogP contribution in [0.2, 0.25) is 5.02 Å². The average molecular weight is 445 g/mol. The number of nitrogens with one attached hydrogen (secondary N) is 2. The Hall–Kier alpha value is -3.03. The molecule has 0 aliphatic heterocycles. The van der Waals surface area contributed by atoms with Gasteiger partial charge < -0.3 is 10.1 Å². The van der Waals surface area contributed by atoms with Crippen molar-refractivity contribution in [2.45, 2.75) is 18.7 Å². The van der Waals surface area contributed by atoms with Gasteiger partial charge in [-0.05, 0) is 74.0 Å². The van der Waals surface area contributed by atoms with Gasteiger partial charge in [-0.2, -0.15) is 0 Å². The molecule has 0 aromatic heterocycles. The van der Waals surface area contributed by atoms with Crippen LogP contribution >= 0.6 is 11.6 Å². The van der Waals surface area contributed by atoms with Crippen LogP contribution in [0.3, 0.4) is 0 Å². The van der Waals surface area contributed by atoms with Gasteiger partial charge in [0.2, 0.25) is 0 Å². The molecule has 2 N–H and O–H groups in total. The number of hydrogen-bond donors (Lipinski definition) is 2. The maximum absolute atomic E-state index is 12.7. The summed E-state index contributed by atoms with van der Waals surface area (Å²) in [5.74, 6) is 0.217. The number of hydrogen-bond acceptors (Lipinski definition) is 4. The predicted molar refractivity (Wildman–Crippen MR) is 119 cm³/mol. The lowest BCUT2D eigenvalue weighted by molar-refractivity contribution is 0.102. The highest BCUT2D eigenvalue weighted by molar-refractivity contribution is 7.92. The Labute approximate surface area is 180 Å². The smallest absolute Gasteiger partial charge is 0.261 e. The molecule has 6 nitrogen and oxygen atoms in total. The molecule has 0 atom stereocenters. The van der Waals surface area contributed by atoms with Crippen LogP contribution in [0.5, 0.6) is 5.75 Å². The number of ether oxygens (including phenoxy) is 1. The third-order valence-corrected chi connectivity index (χ3v) is 6.14. The van der Waals surface area contributed by atoms with Gasteiger partial charge in [0.05, 0.1) is 11.5 Å². The van der Waals surface area contributed by atoms with Gasteiger partial charge in [-0.15, -0.1) is 0 Å². The van der Waals surface area contributed by atoms with E-state index in [1.54, 1.807) is 55.5 Å². The van der Waals surface area contributed by atoms with E-state index in [-0.39, 0.29) is 16.5 Å². The van der Waals surface area contributed by atoms with E-state index in [0.717, 1.165) is 5.56 Å². The van der Waals surface area contributed by atoms with Crippen molar-refractivity contribution in [3.05, 3.63) is 82.9 Å². The van der Waals surface area contributed by atoms with Crippen LogP contribution in [0.15, 0.2) is 71.6 Å². The zero-order valence-corrected chi connectivity index (χ0v) is 18.0. The number of amides is 1. The van der Waals surface area contributed by atoms with E-state index >= 15 is 0 Å². The SMILES string of the molecule is CCOc1ccc(S(=O)(=O)Nc2cccc(C(=O)Nc3cccc(Cl)c3C)c2)cc1. The predicted octanol–water partition coefficient (Wildman–Crippen LogP) is 5.10. The molecule has 0 aliphatic rings. The zero-order valence-electron chi connectivity index (χ0n) is 16.5. The molecule has 0 saturated carbocycles. The maximum Gasteiger partial charge on any atom is 0.261 e. The quantitative estimate of drug-likeness (QED) is 0.531. The van der Waals surface area contributed by atoms with E-state index in [0.29, 0.717) is 28.6 Å². The maximum atomic E-state index is 12.7. The molecule has 0 fully saturated rings. The minimum atomic E-state index is -3.81. The van der Waals surface area contributed by atoms with E-state index in [2.05, 4.69) is 10.0 Å². The number of sulfonamides is 1. The number of anilines is 2. The van der Waals surface area contributed by atoms with Crippen molar-refractivity contribution in [3.8, 4) is 5.75 Å². The van der Waals surface area contributed by atoms with Gasteiger partial charge in [-0.25, -0.2) is 8.42 Å². The number of rotatable bonds is 7. The van der Waals surface area contributed by atoms with Gasteiger partial charge in [0.15, 0.2) is 0 Å². The van der Waals surface area contributed by atoms with Gasteiger partial charge in [0.25, 0.3) is 15.9 Å². The molecule has 0 radical (unpaired) electrons. The first-order valence-corrected chi connectivity index (χ1v) is 11.1. The van der Waals surface area contributed by atoms with E-state index in [1.165, 1.54) is 18.2 Å². The van der Waals surface area contributed by atoms with Crippen LogP contribution in [-0.2, 0) is 10.0 Å². The molecule has 3 aromatic carbocycles. The Kier molecular flexibility index (Phi) is 6.64. The van der Waals surface area contributed by atoms with Crippen LogP contribution in [0.1, 0.15) is 22.8 Å². The largest absolute Gasteiger partial charge is 0.494 e. The monoisotopic (exact) mass is 444 g/mol. The lowest BCUT2D eigenvalue weighted by Crippen LogP contribution is -2.15. The topological polar surface area (TPSA) is 84.5 Å². The first kappa shape index (κ1) is 21.7. The Balaban J connectivity index is 1.77. The standard InChI is InChI=1S/C22H21ClN2O4S/c1-3-29-18-10-12-19(13-11-18)30(27,28)25-17-7-4-6-16(14-17)22(26)24-21-9-5-8-20(23)15(21)2/h4-14,25H,3H2,1-2H3,(H,24,26). The van der Waals surface area contributed by atoms with Crippen molar-refractivity contribution in [2.24, 2.45) is 0 Å². The van der Waals surface area contributed by atoms with Crippen LogP contribution in [0, 0.1) is 6.92 Å². The summed E-state index contributed by atoms with van der Waals surface area (Å²) in [6, 6.07) is 17.6. The highest BCUT2D eigenvalue weighted by atomic mass is 35.5. The Morgan fingerprint density at radius 1 is 1.03 bits per heavy atom. The Morgan fingerprint density at radius 3 is 2.43 bits per heavy atom. The van der Waals surface area contributed by atoms with Gasteiger partial charge >= 0.3 is 0 Å². The van der Waals surface area contributed by atoms with Crippen molar-refractivity contribution in [3.63, 3.8) is 0 Å². The molecule has 0 bridgehead atoms. The highest BCUT2D eigenvalue weighted by Crippen LogP contribution is 2.24. The highest BCUT2D eigenvalue weighted by Gasteiger charge is 2.16. The van der Waals surface area contributed by atoms with E-state index in [1.807, 2.05) is 6.92 Å². The normalized spacial score (nSPS) is 11.0. The summed E-state index contributed by atoms with van der Waals surface area (Å²) in [5.41, 5.74) is 1.92. The van der Waals surface area contributed by atoms with E-state index in [4.69, 9.17) is 16.3 Å². The number of halogens is 1. The average Bonchev–Trinajstić information content (AvgIpc) is 2.72. The molecule has 3 aromatic rings. The van der Waals surface area contributed by atoms with Gasteiger partial charge in [0, 0.05) is 22.0 Å². The van der Waals surface area contributed by atoms with E-state index < -0.39 is 10.0 Å². The van der Waals surface area contributed by atoms with Crippen LogP contribution in [0.25, 0.3) is 0 Å². The van der Waals surface area contributed by atoms with Crippen molar-refractivity contribution in [1.82, 2.24) is 0 Å².